The van der Waals surface area contributed by atoms with E-state index in [9.17, 15) is 9.59 Å². The number of hydrogen-bond donors (Lipinski definition) is 2. The largest absolute Gasteiger partial charge is 0.497 e. The fraction of sp³-hybridized carbons (Fsp3) is 0.200. The third-order valence-corrected chi connectivity index (χ3v) is 4.62. The normalized spacial score (nSPS) is 13.7. The smallest absolute Gasteiger partial charge is 0.257 e. The van der Waals surface area contributed by atoms with Gasteiger partial charge >= 0.3 is 0 Å². The van der Waals surface area contributed by atoms with E-state index >= 15 is 0 Å². The molecule has 0 heterocycles. The van der Waals surface area contributed by atoms with Gasteiger partial charge in [-0.05, 0) is 43.7 Å². The summed E-state index contributed by atoms with van der Waals surface area (Å²) < 4.78 is 5.15. The lowest BCUT2D eigenvalue weighted by atomic mass is 10.1. The lowest BCUT2D eigenvalue weighted by Gasteiger charge is -2.11. The molecule has 6 heteroatoms. The molecule has 1 amide bonds. The summed E-state index contributed by atoms with van der Waals surface area (Å²) in [5.74, 6) is 0.511. The molecule has 0 saturated carbocycles. The molecule has 5 nitrogen and oxygen atoms in total. The van der Waals surface area contributed by atoms with E-state index in [1.807, 2.05) is 6.92 Å². The number of carbonyl (C=O) groups is 2. The molecule has 0 radical (unpaired) electrons. The van der Waals surface area contributed by atoms with Crippen LogP contribution in [0.15, 0.2) is 53.7 Å². The van der Waals surface area contributed by atoms with E-state index in [4.69, 9.17) is 16.3 Å². The van der Waals surface area contributed by atoms with Crippen LogP contribution in [0.5, 0.6) is 5.75 Å². The molecule has 0 aliphatic heterocycles. The highest BCUT2D eigenvalue weighted by Gasteiger charge is 2.19. The number of amides is 1. The topological polar surface area (TPSA) is 67.4 Å². The predicted molar refractivity (Wildman–Crippen MR) is 103 cm³/mol. The third-order valence-electron chi connectivity index (χ3n) is 4.31. The second kappa shape index (κ2) is 7.62. The van der Waals surface area contributed by atoms with Gasteiger partial charge in [-0.15, -0.1) is 0 Å². The molecule has 2 aromatic rings. The minimum absolute atomic E-state index is 0.160. The summed E-state index contributed by atoms with van der Waals surface area (Å²) in [4.78, 5) is 24.1. The molecule has 2 aromatic carbocycles. The zero-order valence-electron chi connectivity index (χ0n) is 14.6. The van der Waals surface area contributed by atoms with Crippen molar-refractivity contribution >= 4 is 34.7 Å². The highest BCUT2D eigenvalue weighted by molar-refractivity contribution is 6.34. The number of nitrogens with one attached hydrogen (secondary N) is 2. The van der Waals surface area contributed by atoms with Crippen molar-refractivity contribution in [3.05, 3.63) is 64.3 Å². The Morgan fingerprint density at radius 2 is 1.92 bits per heavy atom. The molecule has 1 aliphatic rings. The molecule has 0 aromatic heterocycles. The number of carbonyl (C=O) groups excluding carboxylic acids is 2. The number of methoxy groups -OCH3 is 1. The van der Waals surface area contributed by atoms with E-state index in [2.05, 4.69) is 10.6 Å². The van der Waals surface area contributed by atoms with Crippen molar-refractivity contribution in [1.82, 2.24) is 0 Å². The number of ether oxygens (including phenoxy) is 1. The quantitative estimate of drug-likeness (QED) is 0.803. The van der Waals surface area contributed by atoms with Crippen LogP contribution in [0.3, 0.4) is 0 Å². The zero-order valence-corrected chi connectivity index (χ0v) is 15.3. The maximum atomic E-state index is 12.5. The fourth-order valence-electron chi connectivity index (χ4n) is 2.79. The van der Waals surface area contributed by atoms with Gasteiger partial charge in [0.05, 0.1) is 17.7 Å². The number of allylic oxidation sites excluding steroid dienone is 2. The van der Waals surface area contributed by atoms with Crippen molar-refractivity contribution in [1.29, 1.82) is 0 Å². The van der Waals surface area contributed by atoms with Crippen molar-refractivity contribution in [2.75, 3.05) is 17.7 Å². The van der Waals surface area contributed by atoms with Crippen LogP contribution in [0.4, 0.5) is 11.4 Å². The minimum atomic E-state index is -0.304. The molecule has 0 unspecified atom stereocenters. The van der Waals surface area contributed by atoms with Crippen LogP contribution >= 0.6 is 11.6 Å². The van der Waals surface area contributed by atoms with Gasteiger partial charge in [-0.1, -0.05) is 17.7 Å². The Morgan fingerprint density at radius 1 is 1.12 bits per heavy atom. The SMILES string of the molecule is COc1cccc(NC(=O)c2ccc(NC3=C(C)C(=O)CC3)cc2Cl)c1. The van der Waals surface area contributed by atoms with E-state index in [0.717, 1.165) is 17.0 Å². The Balaban J connectivity index is 1.74. The summed E-state index contributed by atoms with van der Waals surface area (Å²) >= 11 is 6.29. The van der Waals surface area contributed by atoms with E-state index < -0.39 is 0 Å². The van der Waals surface area contributed by atoms with Crippen LogP contribution in [-0.2, 0) is 4.79 Å². The molecule has 3 rings (SSSR count). The molecule has 1 aliphatic carbocycles. The van der Waals surface area contributed by atoms with Crippen molar-refractivity contribution in [3.8, 4) is 5.75 Å². The molecule has 0 saturated heterocycles. The molecule has 0 spiro atoms. The van der Waals surface area contributed by atoms with Crippen LogP contribution in [-0.4, -0.2) is 18.8 Å². The Labute approximate surface area is 157 Å². The Bertz CT molecular complexity index is 906. The molecule has 0 bridgehead atoms. The monoisotopic (exact) mass is 370 g/mol. The third kappa shape index (κ3) is 3.89. The van der Waals surface area contributed by atoms with E-state index in [1.165, 1.54) is 0 Å². The Kier molecular flexibility index (Phi) is 5.28. The molecule has 2 N–H and O–H groups in total. The van der Waals surface area contributed by atoms with Gasteiger partial charge in [0, 0.05) is 35.1 Å². The van der Waals surface area contributed by atoms with Crippen LogP contribution in [0.2, 0.25) is 5.02 Å². The number of halogens is 1. The first-order valence-corrected chi connectivity index (χ1v) is 8.60. The standard InChI is InChI=1S/C20H19ClN2O3/c1-12-18(8-9-19(12)24)22-14-6-7-16(17(21)11-14)20(25)23-13-4-3-5-15(10-13)26-2/h3-7,10-11,22H,8-9H2,1-2H3,(H,23,25). The van der Waals surface area contributed by atoms with E-state index in [0.29, 0.717) is 34.9 Å². The predicted octanol–water partition coefficient (Wildman–Crippen LogP) is 4.65. The second-order valence-corrected chi connectivity index (χ2v) is 6.44. The van der Waals surface area contributed by atoms with Gasteiger partial charge in [0.15, 0.2) is 5.78 Å². The van der Waals surface area contributed by atoms with Gasteiger partial charge in [0.1, 0.15) is 5.75 Å². The molecule has 26 heavy (non-hydrogen) atoms. The number of anilines is 2. The van der Waals surface area contributed by atoms with Crippen LogP contribution in [0.25, 0.3) is 0 Å². The molecular formula is C20H19ClN2O3. The van der Waals surface area contributed by atoms with Gasteiger partial charge in [0.25, 0.3) is 5.91 Å². The van der Waals surface area contributed by atoms with Crippen molar-refractivity contribution in [2.45, 2.75) is 19.8 Å². The van der Waals surface area contributed by atoms with Crippen molar-refractivity contribution < 1.29 is 14.3 Å². The van der Waals surface area contributed by atoms with E-state index in [-0.39, 0.29) is 11.7 Å². The average Bonchev–Trinajstić information content (AvgIpc) is 2.94. The van der Waals surface area contributed by atoms with Crippen LogP contribution in [0, 0.1) is 0 Å². The van der Waals surface area contributed by atoms with Gasteiger partial charge in [-0.3, -0.25) is 9.59 Å². The Morgan fingerprint density at radius 3 is 2.58 bits per heavy atom. The van der Waals surface area contributed by atoms with E-state index in [1.54, 1.807) is 49.6 Å². The van der Waals surface area contributed by atoms with Gasteiger partial charge < -0.3 is 15.4 Å². The number of benzene rings is 2. The number of rotatable bonds is 5. The second-order valence-electron chi connectivity index (χ2n) is 6.03. The summed E-state index contributed by atoms with van der Waals surface area (Å²) in [5.41, 5.74) is 3.39. The van der Waals surface area contributed by atoms with Crippen LogP contribution in [0.1, 0.15) is 30.1 Å². The van der Waals surface area contributed by atoms with Crippen LogP contribution < -0.4 is 15.4 Å². The molecule has 134 valence electrons. The summed E-state index contributed by atoms with van der Waals surface area (Å²) in [6.45, 7) is 1.81. The van der Waals surface area contributed by atoms with Crippen molar-refractivity contribution in [2.24, 2.45) is 0 Å². The van der Waals surface area contributed by atoms with Gasteiger partial charge in [-0.25, -0.2) is 0 Å². The first-order valence-electron chi connectivity index (χ1n) is 8.23. The van der Waals surface area contributed by atoms with Gasteiger partial charge in [0.2, 0.25) is 0 Å². The fourth-order valence-corrected chi connectivity index (χ4v) is 3.05. The maximum Gasteiger partial charge on any atom is 0.257 e. The lowest BCUT2D eigenvalue weighted by Crippen LogP contribution is -2.12. The zero-order chi connectivity index (χ0) is 18.7. The Hall–Kier alpha value is -2.79. The molecule has 0 fully saturated rings. The van der Waals surface area contributed by atoms with Crippen molar-refractivity contribution in [3.63, 3.8) is 0 Å². The summed E-state index contributed by atoms with van der Waals surface area (Å²) in [6, 6.07) is 12.2. The molecular weight excluding hydrogens is 352 g/mol. The highest BCUT2D eigenvalue weighted by atomic mass is 35.5. The minimum Gasteiger partial charge on any atom is -0.497 e. The number of Topliss-reactive ketones (excluding diaryl/α,β-unsaturated/α-hetero) is 1. The van der Waals surface area contributed by atoms with Gasteiger partial charge in [-0.2, -0.15) is 0 Å². The number of hydrogen-bond acceptors (Lipinski definition) is 4. The summed E-state index contributed by atoms with van der Waals surface area (Å²) in [6.07, 6.45) is 1.23. The maximum absolute atomic E-state index is 12.5. The molecule has 0 atom stereocenters. The first-order chi connectivity index (χ1) is 12.5. The summed E-state index contributed by atoms with van der Waals surface area (Å²) in [7, 11) is 1.57. The number of ketones is 1. The lowest BCUT2D eigenvalue weighted by molar-refractivity contribution is -0.114. The first kappa shape index (κ1) is 18.0. The highest BCUT2D eigenvalue weighted by Crippen LogP contribution is 2.28. The summed E-state index contributed by atoms with van der Waals surface area (Å²) in [5, 5.41) is 6.35. The average molecular weight is 371 g/mol.